The summed E-state index contributed by atoms with van der Waals surface area (Å²) in [6.07, 6.45) is 2.09. The predicted molar refractivity (Wildman–Crippen MR) is 120 cm³/mol. The zero-order valence-electron chi connectivity index (χ0n) is 17.1. The maximum Gasteiger partial charge on any atom is 0.230 e. The number of benzene rings is 2. The third-order valence-corrected chi connectivity index (χ3v) is 5.30. The van der Waals surface area contributed by atoms with Gasteiger partial charge in [0.15, 0.2) is 5.13 Å². The molecule has 0 aliphatic rings. The summed E-state index contributed by atoms with van der Waals surface area (Å²) >= 11 is 1.41. The second-order valence-electron chi connectivity index (χ2n) is 6.89. The van der Waals surface area contributed by atoms with Gasteiger partial charge in [0.2, 0.25) is 11.8 Å². The van der Waals surface area contributed by atoms with Crippen molar-refractivity contribution in [2.24, 2.45) is 0 Å². The molecule has 7 heteroatoms. The number of nitrogens with one attached hydrogen (secondary N) is 2. The maximum absolute atomic E-state index is 12.3. The number of methoxy groups -OCH3 is 1. The zero-order chi connectivity index (χ0) is 21.3. The van der Waals surface area contributed by atoms with Crippen molar-refractivity contribution in [1.29, 1.82) is 0 Å². The molecule has 2 N–H and O–H groups in total. The highest BCUT2D eigenvalue weighted by molar-refractivity contribution is 7.14. The molecular weight excluding hydrogens is 398 g/mol. The summed E-state index contributed by atoms with van der Waals surface area (Å²) in [7, 11) is 1.61. The number of nitrogens with zero attached hydrogens (tertiary/aromatic N) is 1. The number of ether oxygens (including phenoxy) is 1. The molecule has 156 valence electrons. The van der Waals surface area contributed by atoms with E-state index in [1.807, 2.05) is 41.8 Å². The van der Waals surface area contributed by atoms with Crippen LogP contribution in [0.1, 0.15) is 24.5 Å². The van der Waals surface area contributed by atoms with E-state index in [9.17, 15) is 9.59 Å². The minimum atomic E-state index is -0.101. The van der Waals surface area contributed by atoms with Crippen LogP contribution >= 0.6 is 11.3 Å². The Morgan fingerprint density at radius 2 is 1.73 bits per heavy atom. The van der Waals surface area contributed by atoms with Gasteiger partial charge in [-0.05, 0) is 36.1 Å². The minimum absolute atomic E-state index is 0.000717. The molecule has 6 nitrogen and oxygen atoms in total. The fourth-order valence-corrected chi connectivity index (χ4v) is 3.69. The molecule has 2 aromatic carbocycles. The van der Waals surface area contributed by atoms with Crippen LogP contribution in [0.2, 0.25) is 0 Å². The Bertz CT molecular complexity index is 982. The van der Waals surface area contributed by atoms with E-state index in [2.05, 4.69) is 27.8 Å². The maximum atomic E-state index is 12.3. The summed E-state index contributed by atoms with van der Waals surface area (Å²) in [4.78, 5) is 27.7. The van der Waals surface area contributed by atoms with E-state index in [1.54, 1.807) is 7.11 Å². The molecule has 0 fully saturated rings. The number of anilines is 1. The molecule has 0 aliphatic heterocycles. The number of carbonyl (C=O) groups excluding carboxylic acids is 2. The number of amides is 2. The molecule has 0 spiro atoms. The van der Waals surface area contributed by atoms with Crippen molar-refractivity contribution in [3.63, 3.8) is 0 Å². The molecule has 0 saturated heterocycles. The van der Waals surface area contributed by atoms with Crippen molar-refractivity contribution in [3.05, 3.63) is 65.0 Å². The standard InChI is InChI=1S/C23H25N3O3S/c1-16(27)24-13-3-4-17-5-9-19(10-6-17)21-15-30-23(25-21)26-22(28)14-18-7-11-20(29-2)12-8-18/h5-12,15H,3-4,13-14H2,1-2H3,(H,24,27)(H,25,26,28). The molecule has 3 aromatic rings. The molecule has 0 aliphatic carbocycles. The van der Waals surface area contributed by atoms with Gasteiger partial charge in [0.1, 0.15) is 5.75 Å². The molecule has 0 atom stereocenters. The number of aromatic nitrogens is 1. The molecule has 30 heavy (non-hydrogen) atoms. The molecule has 0 bridgehead atoms. The van der Waals surface area contributed by atoms with Crippen LogP contribution in [0.15, 0.2) is 53.9 Å². The molecule has 1 aromatic heterocycles. The van der Waals surface area contributed by atoms with E-state index in [4.69, 9.17) is 4.74 Å². The van der Waals surface area contributed by atoms with Crippen LogP contribution in [0.4, 0.5) is 5.13 Å². The number of thiazole rings is 1. The van der Waals surface area contributed by atoms with E-state index in [0.29, 0.717) is 11.7 Å². The first-order valence-corrected chi connectivity index (χ1v) is 10.6. The highest BCUT2D eigenvalue weighted by Crippen LogP contribution is 2.25. The largest absolute Gasteiger partial charge is 0.497 e. The van der Waals surface area contributed by atoms with Gasteiger partial charge >= 0.3 is 0 Å². The molecule has 2 amide bonds. The topological polar surface area (TPSA) is 80.3 Å². The van der Waals surface area contributed by atoms with E-state index in [-0.39, 0.29) is 18.2 Å². The average Bonchev–Trinajstić information content (AvgIpc) is 3.20. The summed E-state index contributed by atoms with van der Waals surface area (Å²) in [5.41, 5.74) is 3.98. The first kappa shape index (κ1) is 21.5. The lowest BCUT2D eigenvalue weighted by Crippen LogP contribution is -2.21. The van der Waals surface area contributed by atoms with Crippen LogP contribution in [-0.2, 0) is 22.4 Å². The second kappa shape index (κ2) is 10.5. The summed E-state index contributed by atoms with van der Waals surface area (Å²) < 4.78 is 5.13. The van der Waals surface area contributed by atoms with Crippen LogP contribution in [0.3, 0.4) is 0 Å². The van der Waals surface area contributed by atoms with Crippen molar-refractivity contribution < 1.29 is 14.3 Å². The van der Waals surface area contributed by atoms with Crippen molar-refractivity contribution in [2.75, 3.05) is 19.0 Å². The van der Waals surface area contributed by atoms with Gasteiger partial charge in [0.05, 0.1) is 19.2 Å². The van der Waals surface area contributed by atoms with Crippen LogP contribution in [0, 0.1) is 0 Å². The molecule has 0 unspecified atom stereocenters. The molecule has 0 saturated carbocycles. The van der Waals surface area contributed by atoms with Gasteiger partial charge in [-0.15, -0.1) is 11.3 Å². The number of hydrogen-bond acceptors (Lipinski definition) is 5. The summed E-state index contributed by atoms with van der Waals surface area (Å²) in [5.74, 6) is 0.666. The van der Waals surface area contributed by atoms with Crippen LogP contribution in [0.25, 0.3) is 11.3 Å². The Morgan fingerprint density at radius 1 is 1.03 bits per heavy atom. The Morgan fingerprint density at radius 3 is 2.40 bits per heavy atom. The van der Waals surface area contributed by atoms with Gasteiger partial charge in [-0.1, -0.05) is 36.4 Å². The van der Waals surface area contributed by atoms with Crippen LogP contribution in [-0.4, -0.2) is 30.5 Å². The van der Waals surface area contributed by atoms with Gasteiger partial charge in [-0.2, -0.15) is 0 Å². The average molecular weight is 424 g/mol. The number of carbonyl (C=O) groups is 2. The third-order valence-electron chi connectivity index (χ3n) is 4.54. The summed E-state index contributed by atoms with van der Waals surface area (Å²) in [5, 5.41) is 8.20. The monoisotopic (exact) mass is 423 g/mol. The lowest BCUT2D eigenvalue weighted by Gasteiger charge is -2.04. The molecular formula is C23H25N3O3S. The molecule has 3 rings (SSSR count). The van der Waals surface area contributed by atoms with Crippen molar-refractivity contribution in [3.8, 4) is 17.0 Å². The molecule has 0 radical (unpaired) electrons. The number of rotatable bonds is 9. The van der Waals surface area contributed by atoms with Crippen molar-refractivity contribution in [2.45, 2.75) is 26.2 Å². The highest BCUT2D eigenvalue weighted by Gasteiger charge is 2.09. The fourth-order valence-electron chi connectivity index (χ4n) is 2.96. The smallest absolute Gasteiger partial charge is 0.230 e. The predicted octanol–water partition coefficient (Wildman–Crippen LogP) is 4.07. The number of hydrogen-bond donors (Lipinski definition) is 2. The van der Waals surface area contributed by atoms with Gasteiger partial charge in [0.25, 0.3) is 0 Å². The zero-order valence-corrected chi connectivity index (χ0v) is 17.9. The van der Waals surface area contributed by atoms with Crippen LogP contribution in [0.5, 0.6) is 5.75 Å². The third kappa shape index (κ3) is 6.42. The lowest BCUT2D eigenvalue weighted by molar-refractivity contribution is -0.119. The van der Waals surface area contributed by atoms with E-state index in [0.717, 1.165) is 35.4 Å². The Balaban J connectivity index is 1.52. The summed E-state index contributed by atoms with van der Waals surface area (Å²) in [6.45, 7) is 2.21. The second-order valence-corrected chi connectivity index (χ2v) is 7.75. The highest BCUT2D eigenvalue weighted by atomic mass is 32.1. The van der Waals surface area contributed by atoms with E-state index >= 15 is 0 Å². The quantitative estimate of drug-likeness (QED) is 0.509. The number of aryl methyl sites for hydroxylation is 1. The van der Waals surface area contributed by atoms with Gasteiger partial charge in [-0.25, -0.2) is 4.98 Å². The fraction of sp³-hybridized carbons (Fsp3) is 0.261. The molecule has 1 heterocycles. The normalized spacial score (nSPS) is 10.5. The minimum Gasteiger partial charge on any atom is -0.497 e. The van der Waals surface area contributed by atoms with Crippen molar-refractivity contribution >= 4 is 28.3 Å². The lowest BCUT2D eigenvalue weighted by atomic mass is 10.1. The van der Waals surface area contributed by atoms with E-state index < -0.39 is 0 Å². The first-order chi connectivity index (χ1) is 14.5. The van der Waals surface area contributed by atoms with Gasteiger partial charge in [-0.3, -0.25) is 9.59 Å². The van der Waals surface area contributed by atoms with Gasteiger partial charge in [0, 0.05) is 24.4 Å². The van der Waals surface area contributed by atoms with Gasteiger partial charge < -0.3 is 15.4 Å². The Labute approximate surface area is 180 Å². The Hall–Kier alpha value is -3.19. The first-order valence-electron chi connectivity index (χ1n) is 9.75. The van der Waals surface area contributed by atoms with E-state index in [1.165, 1.54) is 23.8 Å². The Kier molecular flexibility index (Phi) is 7.57. The van der Waals surface area contributed by atoms with Crippen molar-refractivity contribution in [1.82, 2.24) is 10.3 Å². The SMILES string of the molecule is COc1ccc(CC(=O)Nc2nc(-c3ccc(CCCNC(C)=O)cc3)cs2)cc1. The van der Waals surface area contributed by atoms with Crippen LogP contribution < -0.4 is 15.4 Å². The summed E-state index contributed by atoms with van der Waals surface area (Å²) in [6, 6.07) is 15.7.